The van der Waals surface area contributed by atoms with Crippen LogP contribution in [-0.4, -0.2) is 16.7 Å². The molecule has 2 aromatic carbocycles. The molecule has 0 aliphatic heterocycles. The van der Waals surface area contributed by atoms with Gasteiger partial charge in [-0.3, -0.25) is 4.57 Å². The molecule has 20 heavy (non-hydrogen) atoms. The van der Waals surface area contributed by atoms with E-state index in [4.69, 9.17) is 17.0 Å². The number of rotatable bonds is 2. The summed E-state index contributed by atoms with van der Waals surface area (Å²) in [6, 6.07) is 10.6. The Morgan fingerprint density at radius 3 is 2.75 bits per heavy atom. The Kier molecular flexibility index (Phi) is 3.06. The van der Waals surface area contributed by atoms with Crippen LogP contribution in [0.1, 0.15) is 5.56 Å². The number of hydrogen-bond donors (Lipinski definition) is 1. The number of nitrogens with zero attached hydrogens (tertiary/aromatic N) is 1. The van der Waals surface area contributed by atoms with Crippen molar-refractivity contribution >= 4 is 23.3 Å². The SMILES string of the molecule is COc1ccc(-n2c(=S)[nH]c3c(F)cccc32)c(C)c1. The molecule has 3 rings (SSSR count). The van der Waals surface area contributed by atoms with Crippen LogP contribution in [0.4, 0.5) is 4.39 Å². The Labute approximate surface area is 120 Å². The standard InChI is InChI=1S/C15H13FN2OS/c1-9-8-10(19-2)6-7-12(9)18-13-5-3-4-11(16)14(13)17-15(18)20/h3-8H,1-2H3,(H,17,20). The molecule has 102 valence electrons. The van der Waals surface area contributed by atoms with Crippen molar-refractivity contribution in [3.8, 4) is 11.4 Å². The van der Waals surface area contributed by atoms with Crippen LogP contribution in [0, 0.1) is 17.5 Å². The topological polar surface area (TPSA) is 29.9 Å². The van der Waals surface area contributed by atoms with Crippen LogP contribution in [0.2, 0.25) is 0 Å². The molecule has 0 bridgehead atoms. The molecule has 0 aliphatic rings. The fraction of sp³-hybridized carbons (Fsp3) is 0.133. The molecule has 3 nitrogen and oxygen atoms in total. The quantitative estimate of drug-likeness (QED) is 0.718. The number of halogens is 1. The summed E-state index contributed by atoms with van der Waals surface area (Å²) in [5.41, 5.74) is 3.06. The largest absolute Gasteiger partial charge is 0.497 e. The van der Waals surface area contributed by atoms with Crippen molar-refractivity contribution in [1.82, 2.24) is 9.55 Å². The van der Waals surface area contributed by atoms with E-state index in [-0.39, 0.29) is 5.82 Å². The normalized spacial score (nSPS) is 10.9. The van der Waals surface area contributed by atoms with Gasteiger partial charge in [-0.1, -0.05) is 6.07 Å². The first-order valence-corrected chi connectivity index (χ1v) is 6.57. The summed E-state index contributed by atoms with van der Waals surface area (Å²) in [6.45, 7) is 1.97. The number of imidazole rings is 1. The van der Waals surface area contributed by atoms with Gasteiger partial charge in [0.15, 0.2) is 4.77 Å². The van der Waals surface area contributed by atoms with Crippen LogP contribution in [0.15, 0.2) is 36.4 Å². The molecular formula is C15H13FN2OS. The Morgan fingerprint density at radius 2 is 2.05 bits per heavy atom. The second-order valence-corrected chi connectivity index (χ2v) is 4.94. The molecule has 0 unspecified atom stereocenters. The lowest BCUT2D eigenvalue weighted by atomic mass is 10.2. The fourth-order valence-electron chi connectivity index (χ4n) is 2.34. The van der Waals surface area contributed by atoms with Crippen molar-refractivity contribution in [2.45, 2.75) is 6.92 Å². The van der Waals surface area contributed by atoms with Gasteiger partial charge in [0, 0.05) is 0 Å². The van der Waals surface area contributed by atoms with Gasteiger partial charge in [0.25, 0.3) is 0 Å². The minimum absolute atomic E-state index is 0.307. The van der Waals surface area contributed by atoms with Crippen LogP contribution < -0.4 is 4.74 Å². The zero-order chi connectivity index (χ0) is 14.3. The molecule has 5 heteroatoms. The summed E-state index contributed by atoms with van der Waals surface area (Å²) in [4.78, 5) is 2.92. The molecule has 0 saturated carbocycles. The number of benzene rings is 2. The van der Waals surface area contributed by atoms with Gasteiger partial charge in [0.2, 0.25) is 0 Å². The van der Waals surface area contributed by atoms with E-state index >= 15 is 0 Å². The number of ether oxygens (including phenoxy) is 1. The van der Waals surface area contributed by atoms with Gasteiger partial charge < -0.3 is 9.72 Å². The first-order chi connectivity index (χ1) is 9.61. The maximum atomic E-state index is 13.8. The van der Waals surface area contributed by atoms with Crippen molar-refractivity contribution in [3.63, 3.8) is 0 Å². The number of aromatic amines is 1. The highest BCUT2D eigenvalue weighted by atomic mass is 32.1. The third kappa shape index (κ3) is 1.91. The van der Waals surface area contributed by atoms with E-state index in [0.29, 0.717) is 10.3 Å². The van der Waals surface area contributed by atoms with Crippen LogP contribution in [0.25, 0.3) is 16.7 Å². The first-order valence-electron chi connectivity index (χ1n) is 6.16. The predicted molar refractivity (Wildman–Crippen MR) is 79.7 cm³/mol. The number of fused-ring (bicyclic) bond motifs is 1. The van der Waals surface area contributed by atoms with Gasteiger partial charge in [-0.15, -0.1) is 0 Å². The first kappa shape index (κ1) is 12.9. The Bertz CT molecular complexity index is 851. The van der Waals surface area contributed by atoms with Crippen LogP contribution in [-0.2, 0) is 0 Å². The van der Waals surface area contributed by atoms with Gasteiger partial charge in [0.05, 0.1) is 18.3 Å². The molecule has 1 aromatic heterocycles. The van der Waals surface area contributed by atoms with Crippen molar-refractivity contribution in [2.24, 2.45) is 0 Å². The number of aryl methyl sites for hydroxylation is 1. The number of para-hydroxylation sites is 1. The minimum atomic E-state index is -0.307. The lowest BCUT2D eigenvalue weighted by molar-refractivity contribution is 0.414. The number of methoxy groups -OCH3 is 1. The molecule has 0 atom stereocenters. The molecule has 1 N–H and O–H groups in total. The van der Waals surface area contributed by atoms with E-state index in [0.717, 1.165) is 22.5 Å². The van der Waals surface area contributed by atoms with Gasteiger partial charge in [-0.05, 0) is 55.0 Å². The number of H-pyrrole nitrogens is 1. The van der Waals surface area contributed by atoms with Crippen LogP contribution in [0.3, 0.4) is 0 Å². The van der Waals surface area contributed by atoms with E-state index in [1.54, 1.807) is 13.2 Å². The molecule has 0 spiro atoms. The van der Waals surface area contributed by atoms with Gasteiger partial charge in [-0.2, -0.15) is 0 Å². The zero-order valence-electron chi connectivity index (χ0n) is 11.1. The predicted octanol–water partition coefficient (Wildman–Crippen LogP) is 4.14. The van der Waals surface area contributed by atoms with Crippen molar-refractivity contribution in [3.05, 3.63) is 52.5 Å². The molecule has 3 aromatic rings. The second-order valence-electron chi connectivity index (χ2n) is 4.55. The van der Waals surface area contributed by atoms with Crippen LogP contribution in [0.5, 0.6) is 5.75 Å². The molecule has 0 fully saturated rings. The Hall–Kier alpha value is -2.14. The lowest BCUT2D eigenvalue weighted by Crippen LogP contribution is -1.97. The highest BCUT2D eigenvalue weighted by Gasteiger charge is 2.11. The summed E-state index contributed by atoms with van der Waals surface area (Å²) in [6.07, 6.45) is 0. The maximum Gasteiger partial charge on any atom is 0.182 e. The van der Waals surface area contributed by atoms with E-state index in [9.17, 15) is 4.39 Å². The zero-order valence-corrected chi connectivity index (χ0v) is 11.9. The third-order valence-electron chi connectivity index (χ3n) is 3.31. The number of nitrogens with one attached hydrogen (secondary N) is 1. The molecule has 1 heterocycles. The van der Waals surface area contributed by atoms with Crippen molar-refractivity contribution in [2.75, 3.05) is 7.11 Å². The summed E-state index contributed by atoms with van der Waals surface area (Å²) in [5, 5.41) is 0. The molecule has 0 saturated heterocycles. The van der Waals surface area contributed by atoms with E-state index < -0.39 is 0 Å². The summed E-state index contributed by atoms with van der Waals surface area (Å²) in [7, 11) is 1.63. The maximum absolute atomic E-state index is 13.8. The smallest absolute Gasteiger partial charge is 0.182 e. The molecule has 0 radical (unpaired) electrons. The molecule has 0 aliphatic carbocycles. The van der Waals surface area contributed by atoms with E-state index in [1.165, 1.54) is 6.07 Å². The van der Waals surface area contributed by atoms with Gasteiger partial charge >= 0.3 is 0 Å². The lowest BCUT2D eigenvalue weighted by Gasteiger charge is -2.10. The fourth-order valence-corrected chi connectivity index (χ4v) is 2.64. The highest BCUT2D eigenvalue weighted by molar-refractivity contribution is 7.71. The van der Waals surface area contributed by atoms with Gasteiger partial charge in [0.1, 0.15) is 17.1 Å². The molecular weight excluding hydrogens is 275 g/mol. The third-order valence-corrected chi connectivity index (χ3v) is 3.60. The van der Waals surface area contributed by atoms with Crippen molar-refractivity contribution in [1.29, 1.82) is 0 Å². The molecule has 0 amide bonds. The average molecular weight is 288 g/mol. The number of hydrogen-bond acceptors (Lipinski definition) is 2. The van der Waals surface area contributed by atoms with E-state index in [2.05, 4.69) is 4.98 Å². The van der Waals surface area contributed by atoms with Crippen molar-refractivity contribution < 1.29 is 9.13 Å². The Morgan fingerprint density at radius 1 is 1.25 bits per heavy atom. The van der Waals surface area contributed by atoms with E-state index in [1.807, 2.05) is 35.8 Å². The summed E-state index contributed by atoms with van der Waals surface area (Å²) < 4.78 is 21.3. The summed E-state index contributed by atoms with van der Waals surface area (Å²) >= 11 is 5.32. The second kappa shape index (κ2) is 4.76. The minimum Gasteiger partial charge on any atom is -0.497 e. The number of aromatic nitrogens is 2. The highest BCUT2D eigenvalue weighted by Crippen LogP contribution is 2.26. The average Bonchev–Trinajstić information content (AvgIpc) is 2.77. The monoisotopic (exact) mass is 288 g/mol. The van der Waals surface area contributed by atoms with Crippen LogP contribution >= 0.6 is 12.2 Å². The Balaban J connectivity index is 2.32. The summed E-state index contributed by atoms with van der Waals surface area (Å²) in [5.74, 6) is 0.474. The van der Waals surface area contributed by atoms with Gasteiger partial charge in [-0.25, -0.2) is 4.39 Å².